The molecular formula is C24H26O3. The molecule has 0 saturated heterocycles. The van der Waals surface area contributed by atoms with Crippen LogP contribution in [0.15, 0.2) is 30.3 Å². The largest absolute Gasteiger partial charge is 0.507 e. The lowest BCUT2D eigenvalue weighted by Crippen LogP contribution is -1.98. The van der Waals surface area contributed by atoms with E-state index in [1.165, 1.54) is 0 Å². The van der Waals surface area contributed by atoms with Crippen molar-refractivity contribution >= 4 is 0 Å². The predicted octanol–water partition coefficient (Wildman–Crippen LogP) is 5.99. The molecule has 0 unspecified atom stereocenters. The van der Waals surface area contributed by atoms with Gasteiger partial charge < -0.3 is 15.3 Å². The van der Waals surface area contributed by atoms with Gasteiger partial charge in [-0.25, -0.2) is 0 Å². The molecule has 3 aromatic carbocycles. The molecule has 140 valence electrons. The minimum absolute atomic E-state index is 0.0752. The number of aryl methyl sites for hydroxylation is 1. The zero-order chi connectivity index (χ0) is 20.0. The van der Waals surface area contributed by atoms with Gasteiger partial charge in [0, 0.05) is 16.7 Å². The van der Waals surface area contributed by atoms with Crippen LogP contribution in [-0.4, -0.2) is 15.3 Å². The van der Waals surface area contributed by atoms with E-state index in [9.17, 15) is 15.3 Å². The van der Waals surface area contributed by atoms with Crippen LogP contribution in [0, 0.1) is 41.5 Å². The van der Waals surface area contributed by atoms with E-state index in [-0.39, 0.29) is 17.2 Å². The van der Waals surface area contributed by atoms with E-state index >= 15 is 0 Å². The smallest absolute Gasteiger partial charge is 0.126 e. The quantitative estimate of drug-likeness (QED) is 0.525. The summed E-state index contributed by atoms with van der Waals surface area (Å²) >= 11 is 0. The monoisotopic (exact) mass is 362 g/mol. The van der Waals surface area contributed by atoms with Crippen molar-refractivity contribution in [1.29, 1.82) is 0 Å². The van der Waals surface area contributed by atoms with E-state index in [4.69, 9.17) is 0 Å². The second-order valence-electron chi connectivity index (χ2n) is 7.32. The van der Waals surface area contributed by atoms with E-state index in [1.807, 2.05) is 53.7 Å². The van der Waals surface area contributed by atoms with Crippen LogP contribution < -0.4 is 0 Å². The van der Waals surface area contributed by atoms with E-state index < -0.39 is 0 Å². The van der Waals surface area contributed by atoms with Crippen LogP contribution in [0.3, 0.4) is 0 Å². The summed E-state index contributed by atoms with van der Waals surface area (Å²) in [6.07, 6.45) is 0. The van der Waals surface area contributed by atoms with E-state index in [0.717, 1.165) is 33.4 Å². The summed E-state index contributed by atoms with van der Waals surface area (Å²) in [5, 5.41) is 32.3. The normalized spacial score (nSPS) is 11.0. The minimum atomic E-state index is 0.0752. The third-order valence-corrected chi connectivity index (χ3v) is 5.93. The Morgan fingerprint density at radius 3 is 1.78 bits per heavy atom. The summed E-state index contributed by atoms with van der Waals surface area (Å²) in [4.78, 5) is 0. The maximum atomic E-state index is 10.9. The first-order chi connectivity index (χ1) is 12.7. The van der Waals surface area contributed by atoms with Gasteiger partial charge in [-0.15, -0.1) is 0 Å². The first-order valence-electron chi connectivity index (χ1n) is 9.08. The van der Waals surface area contributed by atoms with Crippen molar-refractivity contribution in [3.8, 4) is 39.5 Å². The molecular weight excluding hydrogens is 336 g/mol. The van der Waals surface area contributed by atoms with Crippen molar-refractivity contribution in [3.63, 3.8) is 0 Å². The van der Waals surface area contributed by atoms with Crippen molar-refractivity contribution < 1.29 is 15.3 Å². The second kappa shape index (κ2) is 6.66. The molecule has 0 fully saturated rings. The van der Waals surface area contributed by atoms with Gasteiger partial charge in [-0.2, -0.15) is 0 Å². The van der Waals surface area contributed by atoms with Crippen LogP contribution in [0.4, 0.5) is 0 Å². The summed E-state index contributed by atoms with van der Waals surface area (Å²) in [7, 11) is 0. The molecule has 0 amide bonds. The molecule has 0 aliphatic carbocycles. The fourth-order valence-electron chi connectivity index (χ4n) is 3.75. The molecule has 0 saturated carbocycles. The van der Waals surface area contributed by atoms with Crippen molar-refractivity contribution in [3.05, 3.63) is 63.7 Å². The Balaban J connectivity index is 2.48. The Bertz CT molecular complexity index is 1030. The molecule has 0 aromatic heterocycles. The third kappa shape index (κ3) is 2.84. The van der Waals surface area contributed by atoms with Gasteiger partial charge in [-0.1, -0.05) is 18.2 Å². The number of hydrogen-bond acceptors (Lipinski definition) is 3. The van der Waals surface area contributed by atoms with Crippen molar-refractivity contribution in [2.24, 2.45) is 0 Å². The highest BCUT2D eigenvalue weighted by Crippen LogP contribution is 2.48. The average Bonchev–Trinajstić information content (AvgIpc) is 2.64. The molecule has 0 heterocycles. The van der Waals surface area contributed by atoms with Crippen molar-refractivity contribution in [2.45, 2.75) is 41.5 Å². The molecule has 0 bridgehead atoms. The fraction of sp³-hybridized carbons (Fsp3) is 0.250. The number of rotatable bonds is 2. The lowest BCUT2D eigenvalue weighted by atomic mass is 9.84. The Hall–Kier alpha value is -2.94. The van der Waals surface area contributed by atoms with Gasteiger partial charge in [-0.3, -0.25) is 0 Å². The van der Waals surface area contributed by atoms with E-state index in [2.05, 4.69) is 0 Å². The number of hydrogen-bond donors (Lipinski definition) is 3. The number of aromatic hydroxyl groups is 3. The zero-order valence-corrected chi connectivity index (χ0v) is 16.7. The molecule has 3 aromatic rings. The predicted molar refractivity (Wildman–Crippen MR) is 111 cm³/mol. The lowest BCUT2D eigenvalue weighted by Gasteiger charge is -2.21. The van der Waals surface area contributed by atoms with Crippen molar-refractivity contribution in [2.75, 3.05) is 0 Å². The highest BCUT2D eigenvalue weighted by molar-refractivity contribution is 5.94. The van der Waals surface area contributed by atoms with Crippen LogP contribution in [0.25, 0.3) is 22.3 Å². The molecule has 0 aliphatic rings. The van der Waals surface area contributed by atoms with Crippen LogP contribution >= 0.6 is 0 Å². The fourth-order valence-corrected chi connectivity index (χ4v) is 3.75. The van der Waals surface area contributed by atoms with Gasteiger partial charge in [0.1, 0.15) is 17.2 Å². The number of phenolic OH excluding ortho intramolecular Hbond substituents is 3. The summed E-state index contributed by atoms with van der Waals surface area (Å²) in [5.41, 5.74) is 8.42. The summed E-state index contributed by atoms with van der Waals surface area (Å²) in [5.74, 6) is 0.400. The van der Waals surface area contributed by atoms with Gasteiger partial charge in [0.05, 0.1) is 0 Å². The molecule has 3 nitrogen and oxygen atoms in total. The molecule has 3 rings (SSSR count). The summed E-state index contributed by atoms with van der Waals surface area (Å²) in [6.45, 7) is 11.8. The third-order valence-electron chi connectivity index (χ3n) is 5.93. The summed E-state index contributed by atoms with van der Waals surface area (Å²) in [6, 6.07) is 8.76. The van der Waals surface area contributed by atoms with Gasteiger partial charge in [0.15, 0.2) is 0 Å². The molecule has 3 heteroatoms. The Morgan fingerprint density at radius 1 is 0.519 bits per heavy atom. The molecule has 0 radical (unpaired) electrons. The van der Waals surface area contributed by atoms with Crippen LogP contribution in [0.1, 0.15) is 33.4 Å². The van der Waals surface area contributed by atoms with Crippen LogP contribution in [0.2, 0.25) is 0 Å². The van der Waals surface area contributed by atoms with Gasteiger partial charge in [0.2, 0.25) is 0 Å². The molecule has 0 atom stereocenters. The first kappa shape index (κ1) is 18.8. The topological polar surface area (TPSA) is 60.7 Å². The van der Waals surface area contributed by atoms with Gasteiger partial charge >= 0.3 is 0 Å². The van der Waals surface area contributed by atoms with Crippen LogP contribution in [-0.2, 0) is 0 Å². The first-order valence-corrected chi connectivity index (χ1v) is 9.08. The molecule has 3 N–H and O–H groups in total. The highest BCUT2D eigenvalue weighted by Gasteiger charge is 2.23. The van der Waals surface area contributed by atoms with E-state index in [0.29, 0.717) is 22.3 Å². The highest BCUT2D eigenvalue weighted by atomic mass is 16.3. The van der Waals surface area contributed by atoms with Gasteiger partial charge in [0.25, 0.3) is 0 Å². The number of phenols is 3. The standard InChI is InChI=1S/C24H26O3/c1-12-10-11-20(26)22(13(12)2)23-18(8-7-9-19(23)25)21-16(5)14(3)15(4)17(6)24(21)27/h7-11,25-27H,1-6H3. The minimum Gasteiger partial charge on any atom is -0.507 e. The zero-order valence-electron chi connectivity index (χ0n) is 16.7. The SMILES string of the molecule is Cc1ccc(O)c(-c2c(O)cccc2-c2c(C)c(C)c(C)c(C)c2O)c1C. The molecule has 0 spiro atoms. The Kier molecular flexibility index (Phi) is 4.64. The molecule has 27 heavy (non-hydrogen) atoms. The maximum Gasteiger partial charge on any atom is 0.126 e. The number of benzene rings is 3. The maximum absolute atomic E-state index is 10.9. The Labute approximate surface area is 160 Å². The summed E-state index contributed by atoms with van der Waals surface area (Å²) < 4.78 is 0. The van der Waals surface area contributed by atoms with Crippen LogP contribution in [0.5, 0.6) is 17.2 Å². The second-order valence-corrected chi connectivity index (χ2v) is 7.32. The Morgan fingerprint density at radius 2 is 1.11 bits per heavy atom. The molecule has 0 aliphatic heterocycles. The van der Waals surface area contributed by atoms with Crippen molar-refractivity contribution in [1.82, 2.24) is 0 Å². The van der Waals surface area contributed by atoms with E-state index in [1.54, 1.807) is 18.2 Å². The lowest BCUT2D eigenvalue weighted by molar-refractivity contribution is 0.467. The van der Waals surface area contributed by atoms with Gasteiger partial charge in [-0.05, 0) is 92.6 Å². The average molecular weight is 362 g/mol.